The normalized spacial score (nSPS) is 18.7. The molecule has 0 atom stereocenters. The number of likely N-dealkylation sites (tertiary alicyclic amines) is 1. The summed E-state index contributed by atoms with van der Waals surface area (Å²) in [5.74, 6) is 0.825. The Kier molecular flexibility index (Phi) is 6.74. The fourth-order valence-corrected chi connectivity index (χ4v) is 3.48. The molecular formula is C19H26ClN3O3. The Hall–Kier alpha value is -1.79. The molecule has 0 N–H and O–H groups in total. The van der Waals surface area contributed by atoms with Crippen molar-refractivity contribution < 1.29 is 14.3 Å². The van der Waals surface area contributed by atoms with Gasteiger partial charge < -0.3 is 14.5 Å². The third-order valence-corrected chi connectivity index (χ3v) is 5.22. The number of carbonyl (C=O) groups excluding carboxylic acids is 2. The first kappa shape index (κ1) is 19.0. The molecule has 2 heterocycles. The summed E-state index contributed by atoms with van der Waals surface area (Å²) in [5, 5.41) is 0.638. The van der Waals surface area contributed by atoms with Crippen molar-refractivity contribution in [1.29, 1.82) is 0 Å². The van der Waals surface area contributed by atoms with E-state index in [1.54, 1.807) is 29.2 Å². The molecule has 0 aliphatic carbocycles. The van der Waals surface area contributed by atoms with Crippen LogP contribution in [0.15, 0.2) is 24.3 Å². The minimum Gasteiger partial charge on any atom is -0.484 e. The summed E-state index contributed by atoms with van der Waals surface area (Å²) in [4.78, 5) is 30.6. The van der Waals surface area contributed by atoms with Crippen molar-refractivity contribution in [3.63, 3.8) is 0 Å². The van der Waals surface area contributed by atoms with E-state index >= 15 is 0 Å². The van der Waals surface area contributed by atoms with Crippen LogP contribution in [0.4, 0.5) is 0 Å². The lowest BCUT2D eigenvalue weighted by Gasteiger charge is -2.36. The van der Waals surface area contributed by atoms with Crippen LogP contribution >= 0.6 is 11.6 Å². The third-order valence-electron chi connectivity index (χ3n) is 4.97. The number of halogens is 1. The van der Waals surface area contributed by atoms with Crippen molar-refractivity contribution in [2.24, 2.45) is 0 Å². The molecule has 2 fully saturated rings. The second-order valence-electron chi connectivity index (χ2n) is 6.84. The maximum atomic E-state index is 12.3. The van der Waals surface area contributed by atoms with E-state index in [-0.39, 0.29) is 18.4 Å². The quantitative estimate of drug-likeness (QED) is 0.783. The van der Waals surface area contributed by atoms with Crippen molar-refractivity contribution in [1.82, 2.24) is 14.7 Å². The maximum absolute atomic E-state index is 12.3. The van der Waals surface area contributed by atoms with Crippen LogP contribution in [0, 0.1) is 0 Å². The van der Waals surface area contributed by atoms with Crippen molar-refractivity contribution in [3.05, 3.63) is 29.3 Å². The lowest BCUT2D eigenvalue weighted by atomic mass is 10.1. The molecule has 2 aliphatic heterocycles. The Morgan fingerprint density at radius 2 is 1.46 bits per heavy atom. The van der Waals surface area contributed by atoms with Gasteiger partial charge in [-0.1, -0.05) is 11.6 Å². The Morgan fingerprint density at radius 3 is 2.12 bits per heavy atom. The fourth-order valence-electron chi connectivity index (χ4n) is 3.36. The smallest absolute Gasteiger partial charge is 0.260 e. The first-order valence-corrected chi connectivity index (χ1v) is 9.66. The summed E-state index contributed by atoms with van der Waals surface area (Å²) >= 11 is 5.83. The highest BCUT2D eigenvalue weighted by molar-refractivity contribution is 6.30. The van der Waals surface area contributed by atoms with Crippen molar-refractivity contribution in [2.75, 3.05) is 52.4 Å². The van der Waals surface area contributed by atoms with Crippen LogP contribution in [-0.4, -0.2) is 78.9 Å². The van der Waals surface area contributed by atoms with Gasteiger partial charge >= 0.3 is 0 Å². The van der Waals surface area contributed by atoms with Crippen LogP contribution in [0.3, 0.4) is 0 Å². The average molecular weight is 380 g/mol. The van der Waals surface area contributed by atoms with Gasteiger partial charge in [-0.15, -0.1) is 0 Å². The number of amides is 2. The van der Waals surface area contributed by atoms with Crippen LogP contribution in [0.1, 0.15) is 19.3 Å². The predicted octanol–water partition coefficient (Wildman–Crippen LogP) is 1.88. The third kappa shape index (κ3) is 5.35. The molecular weight excluding hydrogens is 354 g/mol. The lowest BCUT2D eigenvalue weighted by Crippen LogP contribution is -2.52. The van der Waals surface area contributed by atoms with Gasteiger partial charge in [0.1, 0.15) is 5.75 Å². The Morgan fingerprint density at radius 1 is 0.846 bits per heavy atom. The minimum atomic E-state index is -0.0260. The molecule has 7 heteroatoms. The van der Waals surface area contributed by atoms with Gasteiger partial charge in [-0.25, -0.2) is 0 Å². The zero-order chi connectivity index (χ0) is 18.4. The number of carbonyl (C=O) groups is 2. The van der Waals surface area contributed by atoms with Crippen LogP contribution in [0.2, 0.25) is 5.02 Å². The van der Waals surface area contributed by atoms with Crippen molar-refractivity contribution >= 4 is 23.4 Å². The molecule has 1 aromatic rings. The number of hydrogen-bond acceptors (Lipinski definition) is 4. The van der Waals surface area contributed by atoms with Crippen LogP contribution < -0.4 is 4.74 Å². The molecule has 2 aliphatic rings. The standard InChI is InChI=1S/C19H26ClN3O3/c20-16-4-6-17(7-5-16)26-15-19(25)23-12-10-21(11-13-23)14-18(24)22-8-2-1-3-9-22/h4-7H,1-3,8-15H2. The number of ether oxygens (including phenoxy) is 1. The largest absolute Gasteiger partial charge is 0.484 e. The molecule has 3 rings (SSSR count). The van der Waals surface area contributed by atoms with E-state index in [0.717, 1.165) is 39.0 Å². The Balaban J connectivity index is 1.38. The summed E-state index contributed by atoms with van der Waals surface area (Å²) in [6, 6.07) is 6.97. The monoisotopic (exact) mass is 379 g/mol. The molecule has 1 aromatic carbocycles. The first-order chi connectivity index (χ1) is 12.6. The molecule has 2 amide bonds. The SMILES string of the molecule is O=C(COc1ccc(Cl)cc1)N1CCN(CC(=O)N2CCCCC2)CC1. The summed E-state index contributed by atoms with van der Waals surface area (Å²) < 4.78 is 5.52. The number of piperidine rings is 1. The molecule has 0 radical (unpaired) electrons. The molecule has 0 saturated carbocycles. The number of rotatable bonds is 5. The average Bonchev–Trinajstić information content (AvgIpc) is 2.68. The molecule has 2 saturated heterocycles. The Bertz CT molecular complexity index is 609. The summed E-state index contributed by atoms with van der Waals surface area (Å²) in [7, 11) is 0. The van der Waals surface area contributed by atoms with E-state index in [1.165, 1.54) is 6.42 Å². The summed E-state index contributed by atoms with van der Waals surface area (Å²) in [5.41, 5.74) is 0. The Labute approximate surface area is 159 Å². The highest BCUT2D eigenvalue weighted by Crippen LogP contribution is 2.16. The maximum Gasteiger partial charge on any atom is 0.260 e. The lowest BCUT2D eigenvalue weighted by molar-refractivity contribution is -0.136. The fraction of sp³-hybridized carbons (Fsp3) is 0.579. The molecule has 0 aromatic heterocycles. The second kappa shape index (κ2) is 9.24. The highest BCUT2D eigenvalue weighted by Gasteiger charge is 2.24. The second-order valence-corrected chi connectivity index (χ2v) is 7.28. The predicted molar refractivity (Wildman–Crippen MR) is 100 cm³/mol. The molecule has 0 bridgehead atoms. The molecule has 6 nitrogen and oxygen atoms in total. The number of benzene rings is 1. The first-order valence-electron chi connectivity index (χ1n) is 9.28. The molecule has 0 spiro atoms. The summed E-state index contributed by atoms with van der Waals surface area (Å²) in [6.45, 7) is 4.99. The number of hydrogen-bond donors (Lipinski definition) is 0. The van der Waals surface area contributed by atoms with E-state index in [1.807, 2.05) is 4.90 Å². The van der Waals surface area contributed by atoms with E-state index in [2.05, 4.69) is 4.90 Å². The van der Waals surface area contributed by atoms with Gasteiger partial charge in [-0.05, 0) is 43.5 Å². The zero-order valence-electron chi connectivity index (χ0n) is 15.0. The van der Waals surface area contributed by atoms with Gasteiger partial charge in [0.25, 0.3) is 5.91 Å². The van der Waals surface area contributed by atoms with E-state index < -0.39 is 0 Å². The molecule has 0 unspecified atom stereocenters. The topological polar surface area (TPSA) is 53.1 Å². The van der Waals surface area contributed by atoms with E-state index in [9.17, 15) is 9.59 Å². The molecule has 142 valence electrons. The highest BCUT2D eigenvalue weighted by atomic mass is 35.5. The van der Waals surface area contributed by atoms with Crippen LogP contribution in [0.5, 0.6) is 5.75 Å². The van der Waals surface area contributed by atoms with Crippen molar-refractivity contribution in [2.45, 2.75) is 19.3 Å². The zero-order valence-corrected chi connectivity index (χ0v) is 15.8. The van der Waals surface area contributed by atoms with Crippen LogP contribution in [-0.2, 0) is 9.59 Å². The minimum absolute atomic E-state index is 0.0222. The van der Waals surface area contributed by atoms with Gasteiger partial charge in [0.15, 0.2) is 6.61 Å². The summed E-state index contributed by atoms with van der Waals surface area (Å²) in [6.07, 6.45) is 3.45. The number of nitrogens with zero attached hydrogens (tertiary/aromatic N) is 3. The molecule has 26 heavy (non-hydrogen) atoms. The van der Waals surface area contributed by atoms with Gasteiger partial charge in [0.05, 0.1) is 6.54 Å². The number of piperazine rings is 1. The van der Waals surface area contributed by atoms with Crippen LogP contribution in [0.25, 0.3) is 0 Å². The van der Waals surface area contributed by atoms with Gasteiger partial charge in [-0.2, -0.15) is 0 Å². The van der Waals surface area contributed by atoms with Gasteiger partial charge in [0.2, 0.25) is 5.91 Å². The van der Waals surface area contributed by atoms with E-state index in [0.29, 0.717) is 30.4 Å². The van der Waals surface area contributed by atoms with Gasteiger partial charge in [-0.3, -0.25) is 14.5 Å². The van der Waals surface area contributed by atoms with Crippen molar-refractivity contribution in [3.8, 4) is 5.75 Å². The van der Waals surface area contributed by atoms with E-state index in [4.69, 9.17) is 16.3 Å². The van der Waals surface area contributed by atoms with Gasteiger partial charge in [0, 0.05) is 44.3 Å².